The van der Waals surface area contributed by atoms with Crippen molar-refractivity contribution in [1.82, 2.24) is 5.32 Å². The van der Waals surface area contributed by atoms with Crippen LogP contribution in [0.15, 0.2) is 0 Å². The molecule has 1 rings (SSSR count). The average Bonchev–Trinajstić information content (AvgIpc) is 2.37. The number of rotatable bonds is 8. The Morgan fingerprint density at radius 1 is 1.29 bits per heavy atom. The maximum absolute atomic E-state index is 5.84. The second-order valence-electron chi connectivity index (χ2n) is 4.36. The first-order valence-corrected chi connectivity index (χ1v) is 8.63. The van der Waals surface area contributed by atoms with Gasteiger partial charge in [-0.2, -0.15) is 0 Å². The summed E-state index contributed by atoms with van der Waals surface area (Å²) in [4.78, 5) is 0. The summed E-state index contributed by atoms with van der Waals surface area (Å²) in [5, 5.41) is 3.40. The molecule has 0 saturated carbocycles. The molecule has 0 amide bonds. The van der Waals surface area contributed by atoms with E-state index in [1.54, 1.807) is 0 Å². The van der Waals surface area contributed by atoms with Gasteiger partial charge in [-0.1, -0.05) is 13.3 Å². The van der Waals surface area contributed by atoms with Gasteiger partial charge in [-0.25, -0.2) is 0 Å². The minimum atomic E-state index is -1.49. The standard InChI is InChI=1S/C12H27NO3Si/c1-4-11(12-9-13-7-8-14-12)10-17(15-5-2)16-6-3/h11-13,17H,4-10H2,1-3H3. The lowest BCUT2D eigenvalue weighted by Crippen LogP contribution is -2.44. The molecule has 0 aromatic heterocycles. The molecule has 5 heteroatoms. The minimum absolute atomic E-state index is 0.338. The normalized spacial score (nSPS) is 22.9. The monoisotopic (exact) mass is 261 g/mol. The SMILES string of the molecule is CCO[SiH](CC(CC)C1CNCCO1)OCC. The van der Waals surface area contributed by atoms with E-state index in [1.165, 1.54) is 0 Å². The van der Waals surface area contributed by atoms with E-state index in [2.05, 4.69) is 12.2 Å². The maximum Gasteiger partial charge on any atom is 0.321 e. The molecular weight excluding hydrogens is 234 g/mol. The fourth-order valence-corrected chi connectivity index (χ4v) is 4.52. The zero-order chi connectivity index (χ0) is 12.5. The van der Waals surface area contributed by atoms with E-state index in [4.69, 9.17) is 13.6 Å². The number of ether oxygens (including phenoxy) is 1. The summed E-state index contributed by atoms with van der Waals surface area (Å²) in [5.74, 6) is 0.567. The summed E-state index contributed by atoms with van der Waals surface area (Å²) in [5.41, 5.74) is 0. The molecule has 0 spiro atoms. The Morgan fingerprint density at radius 3 is 2.47 bits per heavy atom. The zero-order valence-electron chi connectivity index (χ0n) is 11.4. The van der Waals surface area contributed by atoms with E-state index >= 15 is 0 Å². The van der Waals surface area contributed by atoms with Gasteiger partial charge in [0.1, 0.15) is 0 Å². The van der Waals surface area contributed by atoms with E-state index in [0.717, 1.165) is 45.4 Å². The quantitative estimate of drug-likeness (QED) is 0.669. The molecule has 1 saturated heterocycles. The lowest BCUT2D eigenvalue weighted by molar-refractivity contribution is -0.00741. The number of morpholine rings is 1. The van der Waals surface area contributed by atoms with Crippen molar-refractivity contribution in [3.8, 4) is 0 Å². The smallest absolute Gasteiger partial charge is 0.321 e. The topological polar surface area (TPSA) is 39.7 Å². The van der Waals surface area contributed by atoms with Crippen molar-refractivity contribution >= 4 is 9.28 Å². The lowest BCUT2D eigenvalue weighted by atomic mass is 10.0. The second-order valence-corrected chi connectivity index (χ2v) is 6.35. The first-order chi connectivity index (χ1) is 8.31. The van der Waals surface area contributed by atoms with Crippen molar-refractivity contribution in [2.24, 2.45) is 5.92 Å². The Balaban J connectivity index is 2.41. The van der Waals surface area contributed by atoms with Gasteiger partial charge in [0.05, 0.1) is 12.7 Å². The molecule has 0 radical (unpaired) electrons. The molecule has 102 valence electrons. The highest BCUT2D eigenvalue weighted by Gasteiger charge is 2.27. The van der Waals surface area contributed by atoms with E-state index in [1.807, 2.05) is 13.8 Å². The molecule has 17 heavy (non-hydrogen) atoms. The number of hydrogen-bond donors (Lipinski definition) is 1. The Labute approximate surface area is 107 Å². The largest absolute Gasteiger partial charge is 0.397 e. The second kappa shape index (κ2) is 9.05. The van der Waals surface area contributed by atoms with Crippen molar-refractivity contribution in [2.75, 3.05) is 32.9 Å². The van der Waals surface area contributed by atoms with Crippen molar-refractivity contribution in [3.63, 3.8) is 0 Å². The van der Waals surface area contributed by atoms with Crippen LogP contribution in [0.5, 0.6) is 0 Å². The third-order valence-corrected chi connectivity index (χ3v) is 5.61. The molecule has 1 N–H and O–H groups in total. The van der Waals surface area contributed by atoms with Gasteiger partial charge in [-0.3, -0.25) is 0 Å². The summed E-state index contributed by atoms with van der Waals surface area (Å²) in [6, 6.07) is 1.06. The highest BCUT2D eigenvalue weighted by molar-refractivity contribution is 6.44. The van der Waals surface area contributed by atoms with Gasteiger partial charge in [0.25, 0.3) is 0 Å². The predicted molar refractivity (Wildman–Crippen MR) is 71.6 cm³/mol. The van der Waals surface area contributed by atoms with Crippen LogP contribution < -0.4 is 5.32 Å². The van der Waals surface area contributed by atoms with Crippen LogP contribution in [0, 0.1) is 5.92 Å². The van der Waals surface area contributed by atoms with Crippen molar-refractivity contribution < 1.29 is 13.6 Å². The molecule has 0 aliphatic carbocycles. The Kier molecular flexibility index (Phi) is 8.05. The van der Waals surface area contributed by atoms with Crippen LogP contribution in [0.1, 0.15) is 27.2 Å². The van der Waals surface area contributed by atoms with Crippen molar-refractivity contribution in [1.29, 1.82) is 0 Å². The molecule has 0 aromatic rings. The van der Waals surface area contributed by atoms with Crippen molar-refractivity contribution in [3.05, 3.63) is 0 Å². The molecule has 0 aromatic carbocycles. The minimum Gasteiger partial charge on any atom is -0.397 e. The van der Waals surface area contributed by atoms with Gasteiger partial charge in [0.15, 0.2) is 0 Å². The fraction of sp³-hybridized carbons (Fsp3) is 1.00. The molecule has 1 fully saturated rings. The Bertz CT molecular complexity index is 183. The molecule has 0 bridgehead atoms. The molecule has 2 unspecified atom stereocenters. The molecule has 1 aliphatic heterocycles. The first-order valence-electron chi connectivity index (χ1n) is 6.87. The van der Waals surface area contributed by atoms with Crippen molar-refractivity contribution in [2.45, 2.75) is 39.3 Å². The van der Waals surface area contributed by atoms with E-state index in [0.29, 0.717) is 12.0 Å². The Hall–Kier alpha value is 0.0569. The van der Waals surface area contributed by atoms with E-state index in [9.17, 15) is 0 Å². The summed E-state index contributed by atoms with van der Waals surface area (Å²) >= 11 is 0. The third-order valence-electron chi connectivity index (χ3n) is 3.21. The molecule has 2 atom stereocenters. The van der Waals surface area contributed by atoms with E-state index in [-0.39, 0.29) is 0 Å². The predicted octanol–water partition coefficient (Wildman–Crippen LogP) is 1.29. The zero-order valence-corrected chi connectivity index (χ0v) is 12.6. The Morgan fingerprint density at radius 2 is 2.00 bits per heavy atom. The van der Waals surface area contributed by atoms with E-state index < -0.39 is 9.28 Å². The molecular formula is C12H27NO3Si. The highest BCUT2D eigenvalue weighted by atomic mass is 28.3. The van der Waals surface area contributed by atoms with Gasteiger partial charge in [0.2, 0.25) is 0 Å². The first kappa shape index (κ1) is 15.1. The average molecular weight is 261 g/mol. The van der Waals surface area contributed by atoms with Crippen LogP contribution in [0.4, 0.5) is 0 Å². The molecule has 1 heterocycles. The number of nitrogens with one attached hydrogen (secondary N) is 1. The summed E-state index contributed by atoms with van der Waals surface area (Å²) in [6.45, 7) is 10.6. The van der Waals surface area contributed by atoms with Gasteiger partial charge in [-0.15, -0.1) is 0 Å². The van der Waals surface area contributed by atoms with Crippen LogP contribution in [0.25, 0.3) is 0 Å². The number of hydrogen-bond acceptors (Lipinski definition) is 4. The van der Waals surface area contributed by atoms with Crippen LogP contribution in [-0.4, -0.2) is 48.3 Å². The van der Waals surface area contributed by atoms with Gasteiger partial charge >= 0.3 is 9.28 Å². The summed E-state index contributed by atoms with van der Waals surface area (Å²) in [7, 11) is -1.49. The molecule has 1 aliphatic rings. The maximum atomic E-state index is 5.84. The van der Waals surface area contributed by atoms with Crippen LogP contribution in [0.3, 0.4) is 0 Å². The third kappa shape index (κ3) is 5.48. The van der Waals surface area contributed by atoms with Gasteiger partial charge in [0, 0.05) is 26.3 Å². The van der Waals surface area contributed by atoms with Crippen LogP contribution in [0.2, 0.25) is 6.04 Å². The fourth-order valence-electron chi connectivity index (χ4n) is 2.27. The van der Waals surface area contributed by atoms with Gasteiger partial charge < -0.3 is 18.9 Å². The van der Waals surface area contributed by atoms with Crippen LogP contribution >= 0.6 is 0 Å². The lowest BCUT2D eigenvalue weighted by Gasteiger charge is -2.31. The van der Waals surface area contributed by atoms with Crippen LogP contribution in [-0.2, 0) is 13.6 Å². The molecule has 4 nitrogen and oxygen atoms in total. The van der Waals surface area contributed by atoms with Gasteiger partial charge in [-0.05, 0) is 25.8 Å². The summed E-state index contributed by atoms with van der Waals surface area (Å²) in [6.07, 6.45) is 1.47. The highest BCUT2D eigenvalue weighted by Crippen LogP contribution is 2.21. The summed E-state index contributed by atoms with van der Waals surface area (Å²) < 4.78 is 17.3.